The minimum absolute atomic E-state index is 0.0112. The summed E-state index contributed by atoms with van der Waals surface area (Å²) in [5, 5.41) is 13.7. The Morgan fingerprint density at radius 2 is 1.49 bits per heavy atom. The van der Waals surface area contributed by atoms with Crippen molar-refractivity contribution in [1.82, 2.24) is 10.3 Å². The molecule has 4 rings (SSSR count). The molecule has 2 N–H and O–H groups in total. The number of halogens is 4. The summed E-state index contributed by atoms with van der Waals surface area (Å²) in [6, 6.07) is 17.6. The summed E-state index contributed by atoms with van der Waals surface area (Å²) in [5.74, 6) is -1.77. The van der Waals surface area contributed by atoms with E-state index < -0.39 is 23.6 Å². The van der Waals surface area contributed by atoms with E-state index in [2.05, 4.69) is 10.3 Å². The van der Waals surface area contributed by atoms with Crippen molar-refractivity contribution < 1.29 is 32.3 Å². The van der Waals surface area contributed by atoms with Crippen LogP contribution in [-0.2, 0) is 24.1 Å². The molecule has 0 aliphatic rings. The van der Waals surface area contributed by atoms with Crippen LogP contribution in [0.15, 0.2) is 78.2 Å². The summed E-state index contributed by atoms with van der Waals surface area (Å²) >= 11 is 1.35. The molecule has 1 heterocycles. The van der Waals surface area contributed by atoms with Crippen LogP contribution in [0.4, 0.5) is 22.7 Å². The van der Waals surface area contributed by atoms with Gasteiger partial charge in [0.2, 0.25) is 0 Å². The van der Waals surface area contributed by atoms with Gasteiger partial charge in [-0.25, -0.2) is 9.37 Å². The minimum atomic E-state index is -4.43. The Morgan fingerprint density at radius 1 is 0.897 bits per heavy atom. The largest absolute Gasteiger partial charge is 0.481 e. The van der Waals surface area contributed by atoms with Gasteiger partial charge < -0.3 is 15.3 Å². The highest BCUT2D eigenvalue weighted by molar-refractivity contribution is 7.14. The third-order valence-corrected chi connectivity index (χ3v) is 6.67. The number of carboxylic acids is 1. The van der Waals surface area contributed by atoms with E-state index in [0.29, 0.717) is 28.5 Å². The van der Waals surface area contributed by atoms with Crippen molar-refractivity contribution in [3.8, 4) is 11.3 Å². The number of nitrogens with one attached hydrogen (secondary N) is 1. The molecule has 0 aliphatic heterocycles. The lowest BCUT2D eigenvalue weighted by Crippen LogP contribution is -2.26. The lowest BCUT2D eigenvalue weighted by atomic mass is 10.1. The number of amides is 1. The molecular weight excluding hydrogens is 534 g/mol. The molecule has 0 atom stereocenters. The van der Waals surface area contributed by atoms with E-state index in [4.69, 9.17) is 5.11 Å². The Balaban J connectivity index is 1.55. The number of aliphatic carboxylic acids is 1. The van der Waals surface area contributed by atoms with Gasteiger partial charge in [-0.3, -0.25) is 9.59 Å². The van der Waals surface area contributed by atoms with Crippen LogP contribution in [0.1, 0.15) is 33.5 Å². The molecule has 1 amide bonds. The molecule has 0 radical (unpaired) electrons. The molecule has 0 saturated carbocycles. The molecule has 11 heteroatoms. The average molecular weight is 558 g/mol. The van der Waals surface area contributed by atoms with Crippen LogP contribution in [0.2, 0.25) is 0 Å². The second-order valence-electron chi connectivity index (χ2n) is 8.67. The number of carbonyl (C=O) groups is 2. The normalized spacial score (nSPS) is 11.3. The zero-order chi connectivity index (χ0) is 28.0. The van der Waals surface area contributed by atoms with Gasteiger partial charge in [0.25, 0.3) is 5.91 Å². The molecule has 0 bridgehead atoms. The Bertz CT molecular complexity index is 1420. The number of nitrogens with zero attached hydrogens (tertiary/aromatic N) is 2. The highest BCUT2D eigenvalue weighted by Gasteiger charge is 2.30. The summed E-state index contributed by atoms with van der Waals surface area (Å²) in [4.78, 5) is 29.5. The predicted molar refractivity (Wildman–Crippen MR) is 140 cm³/mol. The number of carbonyl (C=O) groups excluding carboxylic acids is 1. The first-order valence-electron chi connectivity index (χ1n) is 11.8. The maximum absolute atomic E-state index is 13.3. The second kappa shape index (κ2) is 12.1. The van der Waals surface area contributed by atoms with E-state index in [0.717, 1.165) is 23.3 Å². The third kappa shape index (κ3) is 7.64. The highest BCUT2D eigenvalue weighted by Crippen LogP contribution is 2.32. The summed E-state index contributed by atoms with van der Waals surface area (Å²) in [5.41, 5.74) is 2.47. The van der Waals surface area contributed by atoms with Gasteiger partial charge in [0, 0.05) is 36.1 Å². The molecule has 3 aromatic carbocycles. The summed E-state index contributed by atoms with van der Waals surface area (Å²) in [7, 11) is 0. The number of thiazole rings is 1. The first-order valence-corrected chi connectivity index (χ1v) is 12.7. The quantitative estimate of drug-likeness (QED) is 0.221. The van der Waals surface area contributed by atoms with Crippen molar-refractivity contribution in [3.63, 3.8) is 0 Å². The number of benzene rings is 3. The molecular formula is C28H23F4N3O3S. The van der Waals surface area contributed by atoms with E-state index in [1.165, 1.54) is 35.6 Å². The lowest BCUT2D eigenvalue weighted by Gasteiger charge is -2.22. The van der Waals surface area contributed by atoms with Gasteiger partial charge in [0.1, 0.15) is 5.82 Å². The van der Waals surface area contributed by atoms with Crippen LogP contribution >= 0.6 is 11.3 Å². The summed E-state index contributed by atoms with van der Waals surface area (Å²) in [6.45, 7) is 0.626. The molecule has 202 valence electrons. The van der Waals surface area contributed by atoms with E-state index in [-0.39, 0.29) is 25.3 Å². The van der Waals surface area contributed by atoms with E-state index in [9.17, 15) is 27.2 Å². The fourth-order valence-corrected chi connectivity index (χ4v) is 4.58. The van der Waals surface area contributed by atoms with Crippen molar-refractivity contribution in [2.24, 2.45) is 0 Å². The molecule has 0 aliphatic carbocycles. The zero-order valence-electron chi connectivity index (χ0n) is 20.4. The molecule has 6 nitrogen and oxygen atoms in total. The van der Waals surface area contributed by atoms with E-state index >= 15 is 0 Å². The van der Waals surface area contributed by atoms with E-state index in [1.807, 2.05) is 10.3 Å². The molecule has 1 aromatic heterocycles. The number of anilines is 1. The van der Waals surface area contributed by atoms with Crippen molar-refractivity contribution in [2.75, 3.05) is 11.4 Å². The van der Waals surface area contributed by atoms with Crippen LogP contribution in [0.5, 0.6) is 0 Å². The molecule has 4 aromatic rings. The molecule has 0 saturated heterocycles. The molecule has 0 fully saturated rings. The van der Waals surface area contributed by atoms with Gasteiger partial charge in [0.15, 0.2) is 5.13 Å². The van der Waals surface area contributed by atoms with Gasteiger partial charge >= 0.3 is 12.1 Å². The maximum Gasteiger partial charge on any atom is 0.416 e. The molecule has 0 unspecified atom stereocenters. The second-order valence-corrected chi connectivity index (χ2v) is 9.51. The van der Waals surface area contributed by atoms with Gasteiger partial charge in [-0.1, -0.05) is 24.3 Å². The van der Waals surface area contributed by atoms with Gasteiger partial charge in [-0.15, -0.1) is 11.3 Å². The number of alkyl halides is 3. The monoisotopic (exact) mass is 557 g/mol. The Hall–Kier alpha value is -4.25. The van der Waals surface area contributed by atoms with Gasteiger partial charge in [0.05, 0.1) is 17.7 Å². The van der Waals surface area contributed by atoms with Crippen LogP contribution in [0, 0.1) is 5.82 Å². The maximum atomic E-state index is 13.3. The first-order chi connectivity index (χ1) is 18.6. The molecule has 39 heavy (non-hydrogen) atoms. The van der Waals surface area contributed by atoms with Gasteiger partial charge in [-0.05, 0) is 59.7 Å². The van der Waals surface area contributed by atoms with Crippen molar-refractivity contribution in [2.45, 2.75) is 25.7 Å². The van der Waals surface area contributed by atoms with Crippen molar-refractivity contribution in [1.29, 1.82) is 0 Å². The topological polar surface area (TPSA) is 82.5 Å². The standard InChI is InChI=1S/C28H23F4N3O3S/c29-23-11-7-20(8-12-23)24-17-39-27(34-24)35(16-19-3-9-22(10-4-19)28(30,31)32)15-18-1-5-21(6-2-18)26(38)33-14-13-25(36)37/h1-12,17H,13-16H2,(H,33,38)(H,36,37). The van der Waals surface area contributed by atoms with Crippen LogP contribution < -0.4 is 10.2 Å². The SMILES string of the molecule is O=C(O)CCNC(=O)c1ccc(CN(Cc2ccc(C(F)(F)F)cc2)c2nc(-c3ccc(F)cc3)cs2)cc1. The molecule has 0 spiro atoms. The van der Waals surface area contributed by atoms with Crippen LogP contribution in [0.25, 0.3) is 11.3 Å². The highest BCUT2D eigenvalue weighted by atomic mass is 32.1. The van der Waals surface area contributed by atoms with Crippen molar-refractivity contribution in [3.05, 3.63) is 106 Å². The number of hydrogen-bond acceptors (Lipinski definition) is 5. The minimum Gasteiger partial charge on any atom is -0.481 e. The fourth-order valence-electron chi connectivity index (χ4n) is 3.74. The van der Waals surface area contributed by atoms with E-state index in [1.54, 1.807) is 36.4 Å². The Labute approximate surface area is 225 Å². The van der Waals surface area contributed by atoms with Crippen molar-refractivity contribution >= 4 is 28.3 Å². The number of aromatic nitrogens is 1. The van der Waals surface area contributed by atoms with Crippen LogP contribution in [-0.4, -0.2) is 28.5 Å². The number of hydrogen-bond donors (Lipinski definition) is 2. The summed E-state index contributed by atoms with van der Waals surface area (Å²) < 4.78 is 52.4. The summed E-state index contributed by atoms with van der Waals surface area (Å²) in [6.07, 6.45) is -4.62. The van der Waals surface area contributed by atoms with Gasteiger partial charge in [-0.2, -0.15) is 13.2 Å². The number of carboxylic acid groups (broad SMARTS) is 1. The number of rotatable bonds is 10. The Kier molecular flexibility index (Phi) is 8.60. The van der Waals surface area contributed by atoms with Crippen LogP contribution in [0.3, 0.4) is 0 Å². The predicted octanol–water partition coefficient (Wildman–Crippen LogP) is 6.38. The average Bonchev–Trinajstić information content (AvgIpc) is 3.39. The first kappa shape index (κ1) is 27.8. The third-order valence-electron chi connectivity index (χ3n) is 5.77. The fraction of sp³-hybridized carbons (Fsp3) is 0.179. The zero-order valence-corrected chi connectivity index (χ0v) is 21.2. The lowest BCUT2D eigenvalue weighted by molar-refractivity contribution is -0.138. The Morgan fingerprint density at radius 3 is 2.05 bits per heavy atom. The smallest absolute Gasteiger partial charge is 0.416 e.